The Balaban J connectivity index is 2.62. The first kappa shape index (κ1) is 10.2. The SMILES string of the molecule is Cc1c(N)cc(-n2cccc2)cc1[N+](=O)[O-]. The molecule has 82 valence electrons. The molecule has 1 heterocycles. The molecule has 1 aromatic carbocycles. The Hall–Kier alpha value is -2.30. The molecule has 0 amide bonds. The molecule has 0 saturated carbocycles. The fourth-order valence-electron chi connectivity index (χ4n) is 1.55. The van der Waals surface area contributed by atoms with Crippen LogP contribution in [0, 0.1) is 17.0 Å². The van der Waals surface area contributed by atoms with E-state index >= 15 is 0 Å². The molecule has 0 bridgehead atoms. The van der Waals surface area contributed by atoms with Gasteiger partial charge in [-0.1, -0.05) is 0 Å². The van der Waals surface area contributed by atoms with Gasteiger partial charge < -0.3 is 10.3 Å². The number of nitrogens with two attached hydrogens (primary N) is 1. The number of nitro benzene ring substituents is 1. The van der Waals surface area contributed by atoms with E-state index in [1.54, 1.807) is 17.6 Å². The number of nitrogens with zero attached hydrogens (tertiary/aromatic N) is 2. The summed E-state index contributed by atoms with van der Waals surface area (Å²) in [7, 11) is 0. The molecule has 0 aliphatic heterocycles. The van der Waals surface area contributed by atoms with Crippen molar-refractivity contribution in [2.24, 2.45) is 0 Å². The lowest BCUT2D eigenvalue weighted by Crippen LogP contribution is -2.00. The third kappa shape index (κ3) is 1.63. The molecule has 1 aromatic heterocycles. The van der Waals surface area contributed by atoms with Crippen molar-refractivity contribution in [3.63, 3.8) is 0 Å². The maximum atomic E-state index is 10.8. The summed E-state index contributed by atoms with van der Waals surface area (Å²) in [4.78, 5) is 10.4. The van der Waals surface area contributed by atoms with Crippen LogP contribution >= 0.6 is 0 Å². The summed E-state index contributed by atoms with van der Waals surface area (Å²) in [5.41, 5.74) is 7.42. The summed E-state index contributed by atoms with van der Waals surface area (Å²) >= 11 is 0. The number of benzene rings is 1. The van der Waals surface area contributed by atoms with Crippen LogP contribution in [0.25, 0.3) is 5.69 Å². The Labute approximate surface area is 92.3 Å². The molecule has 0 atom stereocenters. The number of nitro groups is 1. The Morgan fingerprint density at radius 3 is 2.50 bits per heavy atom. The molecule has 5 heteroatoms. The van der Waals surface area contributed by atoms with Crippen LogP contribution in [0.2, 0.25) is 0 Å². The molecular weight excluding hydrogens is 206 g/mol. The minimum atomic E-state index is -0.418. The molecule has 5 nitrogen and oxygen atoms in total. The van der Waals surface area contributed by atoms with Crippen molar-refractivity contribution in [2.75, 3.05) is 5.73 Å². The van der Waals surface area contributed by atoms with Gasteiger partial charge in [0.15, 0.2) is 0 Å². The highest BCUT2D eigenvalue weighted by molar-refractivity contribution is 5.63. The molecule has 0 radical (unpaired) electrons. The van der Waals surface area contributed by atoms with Crippen molar-refractivity contribution in [1.29, 1.82) is 0 Å². The van der Waals surface area contributed by atoms with Gasteiger partial charge in [0.05, 0.1) is 10.6 Å². The number of hydrogen-bond donors (Lipinski definition) is 1. The summed E-state index contributed by atoms with van der Waals surface area (Å²) in [6, 6.07) is 6.94. The van der Waals surface area contributed by atoms with Crippen molar-refractivity contribution in [3.05, 3.63) is 52.3 Å². The van der Waals surface area contributed by atoms with Gasteiger partial charge in [-0.3, -0.25) is 10.1 Å². The Morgan fingerprint density at radius 2 is 1.94 bits per heavy atom. The number of anilines is 1. The molecular formula is C11H11N3O2. The monoisotopic (exact) mass is 217 g/mol. The van der Waals surface area contributed by atoms with Crippen molar-refractivity contribution in [1.82, 2.24) is 4.57 Å². The van der Waals surface area contributed by atoms with Gasteiger partial charge in [-0.15, -0.1) is 0 Å². The van der Waals surface area contributed by atoms with Crippen molar-refractivity contribution >= 4 is 11.4 Å². The fraction of sp³-hybridized carbons (Fsp3) is 0.0909. The lowest BCUT2D eigenvalue weighted by atomic mass is 10.1. The molecule has 2 N–H and O–H groups in total. The van der Waals surface area contributed by atoms with Gasteiger partial charge >= 0.3 is 0 Å². The van der Waals surface area contributed by atoms with Crippen LogP contribution in [-0.2, 0) is 0 Å². The van der Waals surface area contributed by atoms with Gasteiger partial charge in [0.25, 0.3) is 5.69 Å². The summed E-state index contributed by atoms with van der Waals surface area (Å²) in [6.45, 7) is 1.65. The van der Waals surface area contributed by atoms with Crippen LogP contribution in [0.5, 0.6) is 0 Å². The smallest absolute Gasteiger partial charge is 0.276 e. The van der Waals surface area contributed by atoms with E-state index in [1.165, 1.54) is 6.07 Å². The zero-order valence-electron chi connectivity index (χ0n) is 8.75. The highest BCUT2D eigenvalue weighted by Gasteiger charge is 2.14. The number of nitrogen functional groups attached to an aromatic ring is 1. The summed E-state index contributed by atoms with van der Waals surface area (Å²) in [5.74, 6) is 0. The summed E-state index contributed by atoms with van der Waals surface area (Å²) < 4.78 is 1.78. The predicted molar refractivity (Wildman–Crippen MR) is 61.6 cm³/mol. The van der Waals surface area contributed by atoms with Gasteiger partial charge in [0.1, 0.15) is 0 Å². The second kappa shape index (κ2) is 3.69. The van der Waals surface area contributed by atoms with Gasteiger partial charge in [-0.25, -0.2) is 0 Å². The Kier molecular flexibility index (Phi) is 2.36. The first-order valence-electron chi connectivity index (χ1n) is 4.77. The third-order valence-electron chi connectivity index (χ3n) is 2.50. The highest BCUT2D eigenvalue weighted by atomic mass is 16.6. The molecule has 16 heavy (non-hydrogen) atoms. The zero-order valence-corrected chi connectivity index (χ0v) is 8.75. The van der Waals surface area contributed by atoms with E-state index in [-0.39, 0.29) is 5.69 Å². The van der Waals surface area contributed by atoms with E-state index in [1.807, 2.05) is 24.5 Å². The van der Waals surface area contributed by atoms with Crippen LogP contribution in [-0.4, -0.2) is 9.49 Å². The minimum absolute atomic E-state index is 0.0451. The first-order valence-corrected chi connectivity index (χ1v) is 4.77. The van der Waals surface area contributed by atoms with Crippen molar-refractivity contribution in [2.45, 2.75) is 6.92 Å². The molecule has 0 unspecified atom stereocenters. The van der Waals surface area contributed by atoms with Crippen LogP contribution in [0.15, 0.2) is 36.7 Å². The van der Waals surface area contributed by atoms with E-state index in [0.717, 1.165) is 0 Å². The van der Waals surface area contributed by atoms with Gasteiger partial charge in [-0.05, 0) is 25.1 Å². The Bertz CT molecular complexity index is 532. The summed E-state index contributed by atoms with van der Waals surface area (Å²) in [6.07, 6.45) is 3.63. The molecule has 2 rings (SSSR count). The normalized spacial score (nSPS) is 10.3. The van der Waals surface area contributed by atoms with Gasteiger partial charge in [0, 0.05) is 29.7 Å². The second-order valence-corrected chi connectivity index (χ2v) is 3.53. The third-order valence-corrected chi connectivity index (χ3v) is 2.50. The van der Waals surface area contributed by atoms with Crippen molar-refractivity contribution < 1.29 is 4.92 Å². The number of rotatable bonds is 2. The summed E-state index contributed by atoms with van der Waals surface area (Å²) in [5, 5.41) is 10.8. The molecule has 0 aliphatic carbocycles. The maximum absolute atomic E-state index is 10.8. The van der Waals surface area contributed by atoms with E-state index in [2.05, 4.69) is 0 Å². The van der Waals surface area contributed by atoms with Crippen LogP contribution in [0.4, 0.5) is 11.4 Å². The Morgan fingerprint density at radius 1 is 1.31 bits per heavy atom. The minimum Gasteiger partial charge on any atom is -0.398 e. The fourth-order valence-corrected chi connectivity index (χ4v) is 1.55. The number of hydrogen-bond acceptors (Lipinski definition) is 3. The quantitative estimate of drug-likeness (QED) is 0.476. The molecule has 0 spiro atoms. The van der Waals surface area contributed by atoms with E-state index in [4.69, 9.17) is 5.73 Å². The molecule has 0 fully saturated rings. The lowest BCUT2D eigenvalue weighted by Gasteiger charge is -2.07. The standard InChI is InChI=1S/C11H11N3O2/c1-8-10(12)6-9(7-11(8)14(15)16)13-4-2-3-5-13/h2-7H,12H2,1H3. The molecule has 2 aromatic rings. The first-order chi connectivity index (χ1) is 7.59. The average Bonchev–Trinajstić information content (AvgIpc) is 2.74. The van der Waals surface area contributed by atoms with Crippen LogP contribution in [0.3, 0.4) is 0 Å². The van der Waals surface area contributed by atoms with E-state index < -0.39 is 4.92 Å². The van der Waals surface area contributed by atoms with E-state index in [9.17, 15) is 10.1 Å². The largest absolute Gasteiger partial charge is 0.398 e. The average molecular weight is 217 g/mol. The van der Waals surface area contributed by atoms with Crippen LogP contribution < -0.4 is 5.73 Å². The van der Waals surface area contributed by atoms with E-state index in [0.29, 0.717) is 16.9 Å². The highest BCUT2D eigenvalue weighted by Crippen LogP contribution is 2.27. The second-order valence-electron chi connectivity index (χ2n) is 3.53. The lowest BCUT2D eigenvalue weighted by molar-refractivity contribution is -0.385. The van der Waals surface area contributed by atoms with Gasteiger partial charge in [0.2, 0.25) is 0 Å². The molecule has 0 aliphatic rings. The zero-order chi connectivity index (χ0) is 11.7. The molecule has 0 saturated heterocycles. The maximum Gasteiger partial charge on any atom is 0.276 e. The topological polar surface area (TPSA) is 74.1 Å². The van der Waals surface area contributed by atoms with Crippen molar-refractivity contribution in [3.8, 4) is 5.69 Å². The predicted octanol–water partition coefficient (Wildman–Crippen LogP) is 2.28. The number of aromatic nitrogens is 1. The van der Waals surface area contributed by atoms with Crippen LogP contribution in [0.1, 0.15) is 5.56 Å². The van der Waals surface area contributed by atoms with Gasteiger partial charge in [-0.2, -0.15) is 0 Å².